The number of rotatable bonds is 9. The second-order valence-electron chi connectivity index (χ2n) is 10.1. The highest BCUT2D eigenvalue weighted by molar-refractivity contribution is 6.01. The Balaban J connectivity index is 1.82. The zero-order valence-corrected chi connectivity index (χ0v) is 22.5. The van der Waals surface area contributed by atoms with Crippen molar-refractivity contribution in [1.29, 1.82) is 0 Å². The van der Waals surface area contributed by atoms with Crippen LogP contribution in [0, 0.1) is 0 Å². The summed E-state index contributed by atoms with van der Waals surface area (Å²) in [7, 11) is 1.48. The summed E-state index contributed by atoms with van der Waals surface area (Å²) >= 11 is 0. The van der Waals surface area contributed by atoms with Gasteiger partial charge in [0.15, 0.2) is 0 Å². The van der Waals surface area contributed by atoms with Crippen LogP contribution in [0.1, 0.15) is 44.7 Å². The number of hydrogen-bond acceptors (Lipinski definition) is 7. The van der Waals surface area contributed by atoms with Crippen molar-refractivity contribution >= 4 is 29.9 Å². The molecule has 11 nitrogen and oxygen atoms in total. The van der Waals surface area contributed by atoms with E-state index in [0.717, 1.165) is 11.1 Å². The molecule has 2 aromatic rings. The highest BCUT2D eigenvalue weighted by Gasteiger charge is 2.35. The van der Waals surface area contributed by atoms with Gasteiger partial charge in [0.1, 0.15) is 17.8 Å². The van der Waals surface area contributed by atoms with E-state index in [1.54, 1.807) is 20.8 Å². The molecular weight excluding hydrogens is 504 g/mol. The molecule has 0 radical (unpaired) electrons. The fourth-order valence-corrected chi connectivity index (χ4v) is 3.92. The fourth-order valence-electron chi connectivity index (χ4n) is 3.92. The molecule has 1 aliphatic heterocycles. The minimum absolute atomic E-state index is 0.0462. The van der Waals surface area contributed by atoms with Crippen LogP contribution in [-0.2, 0) is 36.8 Å². The lowest BCUT2D eigenvalue weighted by molar-refractivity contribution is -0.172. The minimum Gasteiger partial charge on any atom is -0.444 e. The quantitative estimate of drug-likeness (QED) is 0.370. The van der Waals surface area contributed by atoms with E-state index in [1.807, 2.05) is 60.7 Å². The first kappa shape index (κ1) is 29.2. The van der Waals surface area contributed by atoms with Gasteiger partial charge in [-0.15, -0.1) is 5.06 Å². The third-order valence-electron chi connectivity index (χ3n) is 5.82. The number of alkyl carbamates (subject to hydrolysis) is 1. The van der Waals surface area contributed by atoms with Gasteiger partial charge in [-0.1, -0.05) is 60.7 Å². The maximum atomic E-state index is 13.8. The number of benzene rings is 2. The predicted molar refractivity (Wildman–Crippen MR) is 141 cm³/mol. The molecule has 0 aromatic heterocycles. The second-order valence-corrected chi connectivity index (χ2v) is 10.1. The lowest BCUT2D eigenvalue weighted by atomic mass is 10.0. The third-order valence-corrected chi connectivity index (χ3v) is 5.82. The standard InChI is InChI=1S/C28H34N4O7/c1-28(2,3)38-26(36)29-21(17-19-11-7-5-8-12-19)25(35)31(4)22(18-20-13-9-6-10-14-20)30-27(37)39-32-23(33)15-16-24(32)34/h5-14,21-22H,15-18H2,1-4H3,(H,29,36)(H,30,37). The van der Waals surface area contributed by atoms with Crippen LogP contribution in [-0.4, -0.2) is 64.7 Å². The van der Waals surface area contributed by atoms with E-state index < -0.39 is 47.7 Å². The van der Waals surface area contributed by atoms with Crippen LogP contribution < -0.4 is 10.6 Å². The van der Waals surface area contributed by atoms with E-state index in [4.69, 9.17) is 9.57 Å². The normalized spacial score (nSPS) is 14.8. The van der Waals surface area contributed by atoms with Gasteiger partial charge in [0.05, 0.1) is 0 Å². The smallest absolute Gasteiger partial charge is 0.433 e. The summed E-state index contributed by atoms with van der Waals surface area (Å²) in [5.74, 6) is -1.74. The number of carbonyl (C=O) groups excluding carboxylic acids is 5. The van der Waals surface area contributed by atoms with Crippen molar-refractivity contribution in [1.82, 2.24) is 20.6 Å². The van der Waals surface area contributed by atoms with E-state index in [0.29, 0.717) is 5.06 Å². The Labute approximate surface area is 227 Å². The van der Waals surface area contributed by atoms with Gasteiger partial charge in [-0.3, -0.25) is 19.7 Å². The largest absolute Gasteiger partial charge is 0.444 e. The first-order chi connectivity index (χ1) is 18.4. The van der Waals surface area contributed by atoms with Crippen molar-refractivity contribution in [3.8, 4) is 0 Å². The molecule has 11 heteroatoms. The topological polar surface area (TPSA) is 134 Å². The van der Waals surface area contributed by atoms with Crippen molar-refractivity contribution in [2.45, 2.75) is 64.3 Å². The highest BCUT2D eigenvalue weighted by Crippen LogP contribution is 2.15. The molecule has 1 aliphatic rings. The maximum Gasteiger partial charge on any atom is 0.433 e. The highest BCUT2D eigenvalue weighted by atomic mass is 16.7. The number of carbonyl (C=O) groups is 5. The summed E-state index contributed by atoms with van der Waals surface area (Å²) in [6.45, 7) is 5.15. The zero-order valence-electron chi connectivity index (χ0n) is 22.5. The molecule has 208 valence electrons. The van der Waals surface area contributed by atoms with Crippen LogP contribution in [0.15, 0.2) is 60.7 Å². The number of nitrogens with one attached hydrogen (secondary N) is 2. The number of imide groups is 1. The zero-order chi connectivity index (χ0) is 28.6. The Morgan fingerprint density at radius 3 is 1.87 bits per heavy atom. The van der Waals surface area contributed by atoms with Gasteiger partial charge in [-0.25, -0.2) is 9.59 Å². The van der Waals surface area contributed by atoms with E-state index in [-0.39, 0.29) is 25.7 Å². The summed E-state index contributed by atoms with van der Waals surface area (Å²) in [4.78, 5) is 69.1. The molecule has 1 saturated heterocycles. The number of hydroxylamine groups is 2. The summed E-state index contributed by atoms with van der Waals surface area (Å²) in [6, 6.07) is 17.2. The molecule has 2 unspecified atom stereocenters. The number of amides is 5. The van der Waals surface area contributed by atoms with E-state index in [9.17, 15) is 24.0 Å². The molecule has 2 N–H and O–H groups in total. The molecule has 0 spiro atoms. The molecule has 0 aliphatic carbocycles. The average molecular weight is 539 g/mol. The van der Waals surface area contributed by atoms with Crippen LogP contribution in [0.4, 0.5) is 9.59 Å². The Morgan fingerprint density at radius 1 is 0.846 bits per heavy atom. The number of nitrogens with zero attached hydrogens (tertiary/aromatic N) is 2. The monoisotopic (exact) mass is 538 g/mol. The Kier molecular flexibility index (Phi) is 9.64. The first-order valence-corrected chi connectivity index (χ1v) is 12.6. The number of hydrogen-bond donors (Lipinski definition) is 2. The summed E-state index contributed by atoms with van der Waals surface area (Å²) in [6.07, 6.45) is -2.51. The van der Waals surface area contributed by atoms with Crippen LogP contribution in [0.5, 0.6) is 0 Å². The lowest BCUT2D eigenvalue weighted by Crippen LogP contribution is -2.57. The molecule has 39 heavy (non-hydrogen) atoms. The second kappa shape index (κ2) is 12.9. The Hall–Kier alpha value is -4.41. The predicted octanol–water partition coefficient (Wildman–Crippen LogP) is 2.94. The summed E-state index contributed by atoms with van der Waals surface area (Å²) in [5, 5.41) is 5.66. The van der Waals surface area contributed by atoms with Crippen LogP contribution in [0.3, 0.4) is 0 Å². The van der Waals surface area contributed by atoms with E-state index in [2.05, 4.69) is 10.6 Å². The number of ether oxygens (including phenoxy) is 1. The van der Waals surface area contributed by atoms with E-state index in [1.165, 1.54) is 11.9 Å². The Morgan fingerprint density at radius 2 is 1.36 bits per heavy atom. The Bertz CT molecular complexity index is 1170. The molecule has 2 atom stereocenters. The summed E-state index contributed by atoms with van der Waals surface area (Å²) in [5.41, 5.74) is 0.830. The van der Waals surface area contributed by atoms with E-state index >= 15 is 0 Å². The van der Waals surface area contributed by atoms with Crippen LogP contribution >= 0.6 is 0 Å². The van der Waals surface area contributed by atoms with Gasteiger partial charge < -0.3 is 19.8 Å². The van der Waals surface area contributed by atoms with Gasteiger partial charge in [-0.2, -0.15) is 0 Å². The molecule has 2 aromatic carbocycles. The lowest BCUT2D eigenvalue weighted by Gasteiger charge is -2.32. The third kappa shape index (κ3) is 8.84. The molecular formula is C28H34N4O7. The summed E-state index contributed by atoms with van der Waals surface area (Å²) < 4.78 is 5.37. The number of likely N-dealkylation sites (N-methyl/N-ethyl adjacent to an activating group) is 1. The van der Waals surface area contributed by atoms with Crippen LogP contribution in [0.25, 0.3) is 0 Å². The molecule has 0 saturated carbocycles. The molecule has 3 rings (SSSR count). The van der Waals surface area contributed by atoms with Gasteiger partial charge in [0, 0.05) is 32.7 Å². The molecule has 1 heterocycles. The minimum atomic E-state index is -1.07. The average Bonchev–Trinajstić information content (AvgIpc) is 3.19. The molecule has 5 amide bonds. The SMILES string of the molecule is CN(C(=O)C(Cc1ccccc1)NC(=O)OC(C)(C)C)C(Cc1ccccc1)NC(=O)ON1C(=O)CCC1=O. The van der Waals surface area contributed by atoms with Crippen molar-refractivity contribution < 1.29 is 33.5 Å². The van der Waals surface area contributed by atoms with Gasteiger partial charge in [0.25, 0.3) is 11.8 Å². The van der Waals surface area contributed by atoms with Crippen molar-refractivity contribution in [2.24, 2.45) is 0 Å². The van der Waals surface area contributed by atoms with Crippen molar-refractivity contribution in [3.05, 3.63) is 71.8 Å². The van der Waals surface area contributed by atoms with Crippen molar-refractivity contribution in [3.63, 3.8) is 0 Å². The van der Waals surface area contributed by atoms with Crippen LogP contribution in [0.2, 0.25) is 0 Å². The maximum absolute atomic E-state index is 13.8. The van der Waals surface area contributed by atoms with Crippen molar-refractivity contribution in [2.75, 3.05) is 7.05 Å². The fraction of sp³-hybridized carbons (Fsp3) is 0.393. The van der Waals surface area contributed by atoms with Gasteiger partial charge in [0.2, 0.25) is 5.91 Å². The van der Waals surface area contributed by atoms with Gasteiger partial charge >= 0.3 is 12.2 Å². The molecule has 0 bridgehead atoms. The first-order valence-electron chi connectivity index (χ1n) is 12.6. The van der Waals surface area contributed by atoms with Gasteiger partial charge in [-0.05, 0) is 31.9 Å². The molecule has 1 fully saturated rings.